The molecule has 0 unspecified atom stereocenters. The molecule has 1 aromatic heterocycles. The van der Waals surface area contributed by atoms with E-state index in [9.17, 15) is 4.79 Å². The number of amides is 2. The molecule has 1 aliphatic heterocycles. The van der Waals surface area contributed by atoms with Crippen LogP contribution in [0.1, 0.15) is 24.0 Å². The third kappa shape index (κ3) is 4.82. The van der Waals surface area contributed by atoms with Gasteiger partial charge in [0.1, 0.15) is 0 Å². The molecule has 1 aliphatic rings. The predicted octanol–water partition coefficient (Wildman–Crippen LogP) is 4.09. The Hall–Kier alpha value is -1.85. The van der Waals surface area contributed by atoms with E-state index in [2.05, 4.69) is 32.4 Å². The minimum Gasteiger partial charge on any atom is -0.338 e. The molecular formula is C19H25N3OS. The highest BCUT2D eigenvalue weighted by Gasteiger charge is 2.19. The number of benzene rings is 1. The Kier molecular flexibility index (Phi) is 5.88. The minimum atomic E-state index is -0.106. The zero-order chi connectivity index (χ0) is 16.8. The Bertz CT molecular complexity index is 648. The molecule has 4 nitrogen and oxygen atoms in total. The number of nitrogens with one attached hydrogen (secondary N) is 2. The van der Waals surface area contributed by atoms with Crippen molar-refractivity contribution in [3.8, 4) is 0 Å². The summed E-state index contributed by atoms with van der Waals surface area (Å²) in [6, 6.07) is 9.93. The molecule has 2 amide bonds. The number of likely N-dealkylation sites (tertiary alicyclic amines) is 1. The lowest BCUT2D eigenvalue weighted by atomic mass is 9.96. The van der Waals surface area contributed by atoms with Crippen molar-refractivity contribution in [3.05, 3.63) is 52.2 Å². The zero-order valence-corrected chi connectivity index (χ0v) is 14.9. The van der Waals surface area contributed by atoms with E-state index < -0.39 is 0 Å². The van der Waals surface area contributed by atoms with Crippen LogP contribution in [0.15, 0.2) is 41.1 Å². The van der Waals surface area contributed by atoms with Crippen LogP contribution in [0, 0.1) is 12.8 Å². The van der Waals surface area contributed by atoms with E-state index in [1.165, 1.54) is 5.56 Å². The van der Waals surface area contributed by atoms with Crippen LogP contribution in [-0.4, -0.2) is 30.6 Å². The summed E-state index contributed by atoms with van der Waals surface area (Å²) in [6.45, 7) is 6.03. The van der Waals surface area contributed by atoms with Gasteiger partial charge in [0.15, 0.2) is 0 Å². The van der Waals surface area contributed by atoms with Gasteiger partial charge in [-0.15, -0.1) is 0 Å². The molecule has 1 saturated heterocycles. The van der Waals surface area contributed by atoms with Crippen molar-refractivity contribution in [3.63, 3.8) is 0 Å². The highest BCUT2D eigenvalue weighted by molar-refractivity contribution is 7.07. The Balaban J connectivity index is 1.37. The van der Waals surface area contributed by atoms with Crippen LogP contribution in [0.5, 0.6) is 0 Å². The van der Waals surface area contributed by atoms with Crippen molar-refractivity contribution in [2.75, 3.05) is 25.0 Å². The third-order valence-electron chi connectivity index (χ3n) is 4.64. The van der Waals surface area contributed by atoms with Gasteiger partial charge in [0.2, 0.25) is 0 Å². The SMILES string of the molecule is Cc1ccccc1NC(=O)NCC1CCN(Cc2ccsc2)CC1. The van der Waals surface area contributed by atoms with Crippen molar-refractivity contribution in [2.45, 2.75) is 26.3 Å². The van der Waals surface area contributed by atoms with Gasteiger partial charge in [-0.25, -0.2) is 4.79 Å². The topological polar surface area (TPSA) is 44.4 Å². The minimum absolute atomic E-state index is 0.106. The van der Waals surface area contributed by atoms with Gasteiger partial charge in [0.05, 0.1) is 0 Å². The second-order valence-corrected chi connectivity index (χ2v) is 7.28. The first-order chi connectivity index (χ1) is 11.7. The summed E-state index contributed by atoms with van der Waals surface area (Å²) in [5, 5.41) is 10.3. The summed E-state index contributed by atoms with van der Waals surface area (Å²) >= 11 is 1.76. The largest absolute Gasteiger partial charge is 0.338 e. The number of urea groups is 1. The summed E-state index contributed by atoms with van der Waals surface area (Å²) in [7, 11) is 0. The Morgan fingerprint density at radius 3 is 2.75 bits per heavy atom. The molecule has 1 aromatic carbocycles. The summed E-state index contributed by atoms with van der Waals surface area (Å²) in [5.41, 5.74) is 3.36. The van der Waals surface area contributed by atoms with Crippen LogP contribution in [0.3, 0.4) is 0 Å². The molecule has 3 rings (SSSR count). The number of rotatable bonds is 5. The second kappa shape index (κ2) is 8.31. The highest BCUT2D eigenvalue weighted by Crippen LogP contribution is 2.19. The van der Waals surface area contributed by atoms with Gasteiger partial charge in [0, 0.05) is 18.8 Å². The summed E-state index contributed by atoms with van der Waals surface area (Å²) in [5.74, 6) is 0.575. The Labute approximate surface area is 147 Å². The fourth-order valence-electron chi connectivity index (χ4n) is 3.11. The first-order valence-corrected chi connectivity index (χ1v) is 9.49. The lowest BCUT2D eigenvalue weighted by Gasteiger charge is -2.31. The van der Waals surface area contributed by atoms with Gasteiger partial charge in [-0.1, -0.05) is 18.2 Å². The second-order valence-electron chi connectivity index (χ2n) is 6.50. The number of carbonyl (C=O) groups is 1. The molecule has 2 aromatic rings. The molecule has 0 atom stereocenters. The maximum Gasteiger partial charge on any atom is 0.319 e. The number of piperidine rings is 1. The van der Waals surface area contributed by atoms with E-state index >= 15 is 0 Å². The van der Waals surface area contributed by atoms with E-state index in [0.29, 0.717) is 5.92 Å². The fourth-order valence-corrected chi connectivity index (χ4v) is 3.77. The number of carbonyl (C=O) groups excluding carboxylic acids is 1. The van der Waals surface area contributed by atoms with E-state index in [1.807, 2.05) is 31.2 Å². The summed E-state index contributed by atoms with van der Waals surface area (Å²) in [6.07, 6.45) is 2.30. The predicted molar refractivity (Wildman–Crippen MR) is 101 cm³/mol. The number of hydrogen-bond donors (Lipinski definition) is 2. The first-order valence-electron chi connectivity index (χ1n) is 8.54. The molecule has 0 bridgehead atoms. The molecule has 0 radical (unpaired) electrons. The standard InChI is InChI=1S/C19H25N3OS/c1-15-4-2-3-5-18(15)21-19(23)20-12-16-6-9-22(10-7-16)13-17-8-11-24-14-17/h2-5,8,11,14,16H,6-7,9-10,12-13H2,1H3,(H2,20,21,23). The Morgan fingerprint density at radius 1 is 1.25 bits per heavy atom. The van der Waals surface area contributed by atoms with Crippen LogP contribution >= 0.6 is 11.3 Å². The van der Waals surface area contributed by atoms with Crippen LogP contribution in [0.4, 0.5) is 10.5 Å². The molecule has 128 valence electrons. The third-order valence-corrected chi connectivity index (χ3v) is 5.37. The molecule has 1 fully saturated rings. The normalized spacial score (nSPS) is 16.0. The van der Waals surface area contributed by atoms with Gasteiger partial charge >= 0.3 is 6.03 Å². The summed E-state index contributed by atoms with van der Waals surface area (Å²) < 4.78 is 0. The van der Waals surface area contributed by atoms with E-state index in [4.69, 9.17) is 0 Å². The maximum atomic E-state index is 12.1. The van der Waals surface area contributed by atoms with Crippen molar-refractivity contribution in [2.24, 2.45) is 5.92 Å². The lowest BCUT2D eigenvalue weighted by molar-refractivity contribution is 0.176. The maximum absolute atomic E-state index is 12.1. The number of hydrogen-bond acceptors (Lipinski definition) is 3. The van der Waals surface area contributed by atoms with Crippen LogP contribution in [-0.2, 0) is 6.54 Å². The highest BCUT2D eigenvalue weighted by atomic mass is 32.1. The quantitative estimate of drug-likeness (QED) is 0.859. The molecule has 0 saturated carbocycles. The van der Waals surface area contributed by atoms with Gasteiger partial charge in [-0.3, -0.25) is 4.90 Å². The summed E-state index contributed by atoms with van der Waals surface area (Å²) in [4.78, 5) is 14.6. The average Bonchev–Trinajstić information content (AvgIpc) is 3.09. The van der Waals surface area contributed by atoms with Crippen LogP contribution in [0.25, 0.3) is 0 Å². The van der Waals surface area contributed by atoms with Gasteiger partial charge in [-0.2, -0.15) is 11.3 Å². The molecule has 24 heavy (non-hydrogen) atoms. The first kappa shape index (κ1) is 17.0. The number of anilines is 1. The number of thiophene rings is 1. The van der Waals surface area contributed by atoms with Gasteiger partial charge in [-0.05, 0) is 72.8 Å². The molecule has 5 heteroatoms. The number of nitrogens with zero attached hydrogens (tertiary/aromatic N) is 1. The van der Waals surface area contributed by atoms with Gasteiger partial charge < -0.3 is 10.6 Å². The number of para-hydroxylation sites is 1. The monoisotopic (exact) mass is 343 g/mol. The zero-order valence-electron chi connectivity index (χ0n) is 14.1. The smallest absolute Gasteiger partial charge is 0.319 e. The molecule has 0 spiro atoms. The van der Waals surface area contributed by atoms with E-state index in [0.717, 1.165) is 50.3 Å². The van der Waals surface area contributed by atoms with Crippen molar-refractivity contribution >= 4 is 23.1 Å². The molecule has 2 N–H and O–H groups in total. The Morgan fingerprint density at radius 2 is 2.04 bits per heavy atom. The molecule has 0 aliphatic carbocycles. The van der Waals surface area contributed by atoms with Gasteiger partial charge in [0.25, 0.3) is 0 Å². The van der Waals surface area contributed by atoms with Crippen LogP contribution < -0.4 is 10.6 Å². The van der Waals surface area contributed by atoms with E-state index in [1.54, 1.807) is 11.3 Å². The van der Waals surface area contributed by atoms with Crippen molar-refractivity contribution < 1.29 is 4.79 Å². The van der Waals surface area contributed by atoms with Crippen LogP contribution in [0.2, 0.25) is 0 Å². The van der Waals surface area contributed by atoms with E-state index in [-0.39, 0.29) is 6.03 Å². The van der Waals surface area contributed by atoms with Crippen molar-refractivity contribution in [1.29, 1.82) is 0 Å². The molecular weight excluding hydrogens is 318 g/mol. The molecule has 2 heterocycles. The lowest BCUT2D eigenvalue weighted by Crippen LogP contribution is -2.39. The van der Waals surface area contributed by atoms with Crippen molar-refractivity contribution in [1.82, 2.24) is 10.2 Å². The average molecular weight is 343 g/mol. The fraction of sp³-hybridized carbons (Fsp3) is 0.421. The number of aryl methyl sites for hydroxylation is 1.